The van der Waals surface area contributed by atoms with Crippen LogP contribution in [-0.4, -0.2) is 13.4 Å². The Morgan fingerprint density at radius 1 is 0.957 bits per heavy atom. The molecular weight excluding hydrogens is 353 g/mol. The standard InChI is InChI=1S/C17H17Cl2NO2S/c18-13-6-8-14(9-7-13)23(21,22)17(10-2-1-3-11-17)15-5-4-12-20-16(15)19/h4-9,12H,1-3,10-11H2. The van der Waals surface area contributed by atoms with E-state index in [9.17, 15) is 8.42 Å². The second kappa shape index (κ2) is 6.42. The second-order valence-electron chi connectivity index (χ2n) is 5.85. The smallest absolute Gasteiger partial charge is 0.188 e. The van der Waals surface area contributed by atoms with E-state index in [1.807, 2.05) is 0 Å². The number of hydrogen-bond donors (Lipinski definition) is 0. The molecule has 1 aromatic carbocycles. The van der Waals surface area contributed by atoms with Crippen LogP contribution >= 0.6 is 23.2 Å². The first-order valence-corrected chi connectivity index (χ1v) is 9.82. The number of benzene rings is 1. The molecule has 6 heteroatoms. The van der Waals surface area contributed by atoms with Gasteiger partial charge in [-0.3, -0.25) is 0 Å². The summed E-state index contributed by atoms with van der Waals surface area (Å²) in [5.74, 6) is 0. The molecule has 0 amide bonds. The first-order chi connectivity index (χ1) is 11.0. The fourth-order valence-corrected chi connectivity index (χ4v) is 6.08. The Morgan fingerprint density at radius 3 is 2.22 bits per heavy atom. The van der Waals surface area contributed by atoms with Crippen molar-refractivity contribution < 1.29 is 8.42 Å². The number of sulfone groups is 1. The van der Waals surface area contributed by atoms with Crippen molar-refractivity contribution in [3.05, 3.63) is 58.3 Å². The van der Waals surface area contributed by atoms with Gasteiger partial charge in [0.05, 0.1) is 4.90 Å². The highest BCUT2D eigenvalue weighted by atomic mass is 35.5. The first-order valence-electron chi connectivity index (χ1n) is 7.59. The van der Waals surface area contributed by atoms with Gasteiger partial charge < -0.3 is 0 Å². The van der Waals surface area contributed by atoms with Gasteiger partial charge in [0.25, 0.3) is 0 Å². The number of pyridine rings is 1. The Morgan fingerprint density at radius 2 is 1.61 bits per heavy atom. The highest BCUT2D eigenvalue weighted by Gasteiger charge is 2.48. The molecule has 1 heterocycles. The van der Waals surface area contributed by atoms with Gasteiger partial charge in [-0.05, 0) is 43.2 Å². The van der Waals surface area contributed by atoms with Crippen molar-refractivity contribution in [2.45, 2.75) is 41.7 Å². The average Bonchev–Trinajstić information content (AvgIpc) is 2.56. The molecule has 1 aromatic heterocycles. The van der Waals surface area contributed by atoms with E-state index < -0.39 is 14.6 Å². The van der Waals surface area contributed by atoms with Crippen molar-refractivity contribution in [2.24, 2.45) is 0 Å². The zero-order chi connectivity index (χ0) is 16.5. The lowest BCUT2D eigenvalue weighted by atomic mass is 9.83. The van der Waals surface area contributed by atoms with Crippen LogP contribution in [0.15, 0.2) is 47.5 Å². The molecule has 3 nitrogen and oxygen atoms in total. The van der Waals surface area contributed by atoms with Crippen LogP contribution in [0.1, 0.15) is 37.7 Å². The van der Waals surface area contributed by atoms with Crippen LogP contribution in [0.4, 0.5) is 0 Å². The van der Waals surface area contributed by atoms with E-state index in [-0.39, 0.29) is 10.0 Å². The van der Waals surface area contributed by atoms with Crippen molar-refractivity contribution >= 4 is 33.0 Å². The third-order valence-corrected chi connectivity index (χ3v) is 7.65. The summed E-state index contributed by atoms with van der Waals surface area (Å²) in [5, 5.41) is 0.785. The minimum absolute atomic E-state index is 0.270. The van der Waals surface area contributed by atoms with E-state index in [0.29, 0.717) is 23.4 Å². The lowest BCUT2D eigenvalue weighted by molar-refractivity contribution is 0.379. The summed E-state index contributed by atoms with van der Waals surface area (Å²) in [5.41, 5.74) is 0.608. The summed E-state index contributed by atoms with van der Waals surface area (Å²) in [6.07, 6.45) is 5.45. The molecule has 0 bridgehead atoms. The molecule has 1 fully saturated rings. The summed E-state index contributed by atoms with van der Waals surface area (Å²) in [7, 11) is -3.60. The normalized spacial score (nSPS) is 17.8. The molecule has 2 aromatic rings. The summed E-state index contributed by atoms with van der Waals surface area (Å²) in [4.78, 5) is 4.38. The molecule has 0 aliphatic heterocycles. The molecule has 0 radical (unpaired) electrons. The van der Waals surface area contributed by atoms with Crippen molar-refractivity contribution in [1.82, 2.24) is 4.98 Å². The maximum absolute atomic E-state index is 13.4. The van der Waals surface area contributed by atoms with E-state index in [4.69, 9.17) is 23.2 Å². The number of hydrogen-bond acceptors (Lipinski definition) is 3. The van der Waals surface area contributed by atoms with E-state index in [2.05, 4.69) is 4.98 Å². The quantitative estimate of drug-likeness (QED) is 0.713. The van der Waals surface area contributed by atoms with Crippen molar-refractivity contribution in [3.8, 4) is 0 Å². The fraction of sp³-hybridized carbons (Fsp3) is 0.353. The molecule has 1 saturated carbocycles. The van der Waals surface area contributed by atoms with Gasteiger partial charge in [-0.15, -0.1) is 0 Å². The summed E-state index contributed by atoms with van der Waals surface area (Å²) in [6.45, 7) is 0. The van der Waals surface area contributed by atoms with Crippen molar-refractivity contribution in [3.63, 3.8) is 0 Å². The molecule has 0 spiro atoms. The minimum Gasteiger partial charge on any atom is -0.244 e. The van der Waals surface area contributed by atoms with E-state index >= 15 is 0 Å². The van der Waals surface area contributed by atoms with Crippen LogP contribution < -0.4 is 0 Å². The molecule has 23 heavy (non-hydrogen) atoms. The lowest BCUT2D eigenvalue weighted by Gasteiger charge is -2.37. The van der Waals surface area contributed by atoms with E-state index in [1.165, 1.54) is 0 Å². The van der Waals surface area contributed by atoms with Crippen LogP contribution in [0.25, 0.3) is 0 Å². The zero-order valence-corrected chi connectivity index (χ0v) is 14.8. The van der Waals surface area contributed by atoms with Gasteiger partial charge in [-0.25, -0.2) is 13.4 Å². The maximum atomic E-state index is 13.4. The lowest BCUT2D eigenvalue weighted by Crippen LogP contribution is -2.38. The van der Waals surface area contributed by atoms with E-state index in [1.54, 1.807) is 42.6 Å². The van der Waals surface area contributed by atoms with Gasteiger partial charge in [0.2, 0.25) is 0 Å². The molecule has 0 saturated heterocycles. The van der Waals surface area contributed by atoms with Gasteiger partial charge in [-0.2, -0.15) is 0 Å². The van der Waals surface area contributed by atoms with Gasteiger partial charge in [0.1, 0.15) is 9.90 Å². The van der Waals surface area contributed by atoms with Crippen LogP contribution in [0.5, 0.6) is 0 Å². The number of halogens is 2. The van der Waals surface area contributed by atoms with Crippen molar-refractivity contribution in [2.75, 3.05) is 0 Å². The minimum atomic E-state index is -3.60. The Bertz CT molecular complexity index is 798. The zero-order valence-electron chi connectivity index (χ0n) is 12.5. The molecule has 122 valence electrons. The topological polar surface area (TPSA) is 47.0 Å². The number of aromatic nitrogens is 1. The fourth-order valence-electron chi connectivity index (χ4n) is 3.37. The molecule has 1 aliphatic carbocycles. The third kappa shape index (κ3) is 2.88. The molecule has 0 unspecified atom stereocenters. The molecule has 0 atom stereocenters. The molecule has 1 aliphatic rings. The Hall–Kier alpha value is -1.10. The maximum Gasteiger partial charge on any atom is 0.188 e. The van der Waals surface area contributed by atoms with E-state index in [0.717, 1.165) is 19.3 Å². The predicted molar refractivity (Wildman–Crippen MR) is 92.6 cm³/mol. The highest BCUT2D eigenvalue weighted by molar-refractivity contribution is 7.92. The Labute approximate surface area is 146 Å². The van der Waals surface area contributed by atoms with Crippen LogP contribution in [0, 0.1) is 0 Å². The van der Waals surface area contributed by atoms with Crippen molar-refractivity contribution in [1.29, 1.82) is 0 Å². The van der Waals surface area contributed by atoms with Gasteiger partial charge in [0.15, 0.2) is 9.84 Å². The SMILES string of the molecule is O=S(=O)(c1ccc(Cl)cc1)C1(c2cccnc2Cl)CCCCC1. The number of rotatable bonds is 3. The van der Waals surface area contributed by atoms with Gasteiger partial charge in [0, 0.05) is 16.8 Å². The third-order valence-electron chi connectivity index (χ3n) is 4.55. The first kappa shape index (κ1) is 16.7. The highest BCUT2D eigenvalue weighted by Crippen LogP contribution is 2.48. The Kier molecular flexibility index (Phi) is 4.68. The molecular formula is C17H17Cl2NO2S. The van der Waals surface area contributed by atoms with Crippen LogP contribution in [0.3, 0.4) is 0 Å². The van der Waals surface area contributed by atoms with Gasteiger partial charge >= 0.3 is 0 Å². The second-order valence-corrected chi connectivity index (χ2v) is 8.91. The molecule has 3 rings (SSSR count). The predicted octanol–water partition coefficient (Wildman–Crippen LogP) is 5.02. The van der Waals surface area contributed by atoms with Crippen LogP contribution in [-0.2, 0) is 14.6 Å². The Balaban J connectivity index is 2.20. The van der Waals surface area contributed by atoms with Crippen LogP contribution in [0.2, 0.25) is 10.2 Å². The average molecular weight is 370 g/mol. The largest absolute Gasteiger partial charge is 0.244 e. The summed E-state index contributed by atoms with van der Waals surface area (Å²) >= 11 is 12.2. The monoisotopic (exact) mass is 369 g/mol. The summed E-state index contributed by atoms with van der Waals surface area (Å²) < 4.78 is 25.9. The molecule has 0 N–H and O–H groups in total. The van der Waals surface area contributed by atoms with Gasteiger partial charge in [-0.1, -0.05) is 48.5 Å². The summed E-state index contributed by atoms with van der Waals surface area (Å²) in [6, 6.07) is 9.88. The number of nitrogens with zero attached hydrogens (tertiary/aromatic N) is 1.